The van der Waals surface area contributed by atoms with Gasteiger partial charge in [0.05, 0.1) is 17.8 Å². The van der Waals surface area contributed by atoms with Gasteiger partial charge in [0.25, 0.3) is 0 Å². The van der Waals surface area contributed by atoms with Crippen molar-refractivity contribution in [1.29, 1.82) is 0 Å². The second-order valence-corrected chi connectivity index (χ2v) is 7.70. The summed E-state index contributed by atoms with van der Waals surface area (Å²) < 4.78 is 10.8. The minimum Gasteiger partial charge on any atom is -0.496 e. The van der Waals surface area contributed by atoms with Gasteiger partial charge in [-0.2, -0.15) is 0 Å². The van der Waals surface area contributed by atoms with Crippen molar-refractivity contribution < 1.29 is 19.1 Å². The highest BCUT2D eigenvalue weighted by atomic mass is 35.5. The van der Waals surface area contributed by atoms with Gasteiger partial charge in [0.15, 0.2) is 0 Å². The van der Waals surface area contributed by atoms with Crippen LogP contribution in [0.1, 0.15) is 16.1 Å². The van der Waals surface area contributed by atoms with E-state index in [0.717, 1.165) is 43.2 Å². The van der Waals surface area contributed by atoms with Gasteiger partial charge in [-0.1, -0.05) is 29.3 Å². The molecule has 2 heterocycles. The van der Waals surface area contributed by atoms with Gasteiger partial charge in [-0.3, -0.25) is 4.90 Å². The molecule has 1 saturated heterocycles. The van der Waals surface area contributed by atoms with Crippen molar-refractivity contribution in [3.63, 3.8) is 0 Å². The molecule has 0 atom stereocenters. The molecule has 1 N–H and O–H groups in total. The molecule has 29 heavy (non-hydrogen) atoms. The van der Waals surface area contributed by atoms with Crippen LogP contribution < -0.4 is 9.64 Å². The molecule has 0 radical (unpaired) electrons. The van der Waals surface area contributed by atoms with Crippen LogP contribution in [0.4, 0.5) is 5.69 Å². The molecule has 0 bridgehead atoms. The van der Waals surface area contributed by atoms with E-state index in [1.165, 1.54) is 6.07 Å². The van der Waals surface area contributed by atoms with Crippen LogP contribution in [0.25, 0.3) is 11.0 Å². The highest BCUT2D eigenvalue weighted by Gasteiger charge is 2.23. The number of aromatic carboxylic acids is 1. The molecular formula is C21H20Cl2N2O4. The number of hydrogen-bond donors (Lipinski definition) is 1. The van der Waals surface area contributed by atoms with Gasteiger partial charge >= 0.3 is 5.97 Å². The summed E-state index contributed by atoms with van der Waals surface area (Å²) in [6, 6.07) is 10.8. The molecular weight excluding hydrogens is 415 g/mol. The molecule has 0 saturated carbocycles. The molecule has 4 rings (SSSR count). The lowest BCUT2D eigenvalue weighted by molar-refractivity contribution is 0.0665. The number of halogens is 2. The number of carbonyl (C=O) groups is 1. The van der Waals surface area contributed by atoms with Crippen LogP contribution in [-0.4, -0.2) is 49.3 Å². The lowest BCUT2D eigenvalue weighted by Crippen LogP contribution is -2.46. The summed E-state index contributed by atoms with van der Waals surface area (Å²) in [5.41, 5.74) is 2.34. The van der Waals surface area contributed by atoms with Gasteiger partial charge in [0, 0.05) is 54.8 Å². The highest BCUT2D eigenvalue weighted by Crippen LogP contribution is 2.36. The largest absolute Gasteiger partial charge is 0.496 e. The Labute approximate surface area is 178 Å². The maximum absolute atomic E-state index is 11.2. The van der Waals surface area contributed by atoms with Crippen molar-refractivity contribution in [3.8, 4) is 5.75 Å². The number of nitrogens with zero attached hydrogens (tertiary/aromatic N) is 2. The maximum atomic E-state index is 11.2. The van der Waals surface area contributed by atoms with Crippen LogP contribution >= 0.6 is 23.2 Å². The van der Waals surface area contributed by atoms with E-state index in [-0.39, 0.29) is 5.76 Å². The van der Waals surface area contributed by atoms with E-state index in [0.29, 0.717) is 27.6 Å². The average Bonchev–Trinajstić information content (AvgIpc) is 3.16. The number of anilines is 1. The third kappa shape index (κ3) is 3.88. The van der Waals surface area contributed by atoms with Gasteiger partial charge < -0.3 is 19.2 Å². The first-order chi connectivity index (χ1) is 14.0. The summed E-state index contributed by atoms with van der Waals surface area (Å²) in [6.45, 7) is 3.99. The standard InChI is InChI=1S/C21H20Cl2N2O4/c1-28-17-4-2-3-15(22)14(17)12-24-7-9-25(10-8-24)16-5-6-18-13(20(16)23)11-19(29-18)21(26)27/h2-6,11H,7-10,12H2,1H3,(H,26,27). The number of methoxy groups -OCH3 is 1. The third-order valence-corrected chi connectivity index (χ3v) is 5.97. The molecule has 0 aliphatic carbocycles. The number of benzene rings is 2. The van der Waals surface area contributed by atoms with Crippen molar-refractivity contribution in [1.82, 2.24) is 4.90 Å². The Morgan fingerprint density at radius 2 is 1.93 bits per heavy atom. The monoisotopic (exact) mass is 434 g/mol. The number of carboxylic acids is 1. The zero-order chi connectivity index (χ0) is 20.5. The lowest BCUT2D eigenvalue weighted by atomic mass is 10.1. The van der Waals surface area contributed by atoms with E-state index in [2.05, 4.69) is 9.80 Å². The number of rotatable bonds is 5. The second-order valence-electron chi connectivity index (χ2n) is 6.91. The van der Waals surface area contributed by atoms with Gasteiger partial charge in [0.1, 0.15) is 11.3 Å². The van der Waals surface area contributed by atoms with E-state index in [4.69, 9.17) is 37.5 Å². The molecule has 3 aromatic rings. The van der Waals surface area contributed by atoms with Crippen LogP contribution in [0, 0.1) is 0 Å². The predicted molar refractivity (Wildman–Crippen MR) is 114 cm³/mol. The molecule has 6 nitrogen and oxygen atoms in total. The normalized spacial score (nSPS) is 15.1. The number of piperazine rings is 1. The molecule has 0 unspecified atom stereocenters. The van der Waals surface area contributed by atoms with E-state index in [9.17, 15) is 4.79 Å². The fourth-order valence-electron chi connectivity index (χ4n) is 3.67. The predicted octanol–water partition coefficient (Wildman–Crippen LogP) is 4.77. The number of hydrogen-bond acceptors (Lipinski definition) is 5. The Morgan fingerprint density at radius 1 is 1.17 bits per heavy atom. The van der Waals surface area contributed by atoms with Crippen LogP contribution in [0.2, 0.25) is 10.0 Å². The SMILES string of the molecule is COc1cccc(Cl)c1CN1CCN(c2ccc3oc(C(=O)O)cc3c2Cl)CC1. The van der Waals surface area contributed by atoms with E-state index < -0.39 is 5.97 Å². The minimum absolute atomic E-state index is 0.113. The molecule has 1 aliphatic rings. The van der Waals surface area contributed by atoms with Gasteiger partial charge in [-0.25, -0.2) is 4.79 Å². The Bertz CT molecular complexity index is 1060. The fraction of sp³-hybridized carbons (Fsp3) is 0.286. The first-order valence-corrected chi connectivity index (χ1v) is 9.97. The Hall–Kier alpha value is -2.41. The molecule has 1 aromatic heterocycles. The van der Waals surface area contributed by atoms with E-state index in [1.807, 2.05) is 24.3 Å². The second kappa shape index (κ2) is 8.14. The molecule has 2 aromatic carbocycles. The number of fused-ring (bicyclic) bond motifs is 1. The molecule has 0 amide bonds. The van der Waals surface area contributed by atoms with Crippen molar-refractivity contribution >= 4 is 45.8 Å². The van der Waals surface area contributed by atoms with Crippen LogP contribution in [0.5, 0.6) is 5.75 Å². The topological polar surface area (TPSA) is 66.2 Å². The summed E-state index contributed by atoms with van der Waals surface area (Å²) in [7, 11) is 1.65. The quantitative estimate of drug-likeness (QED) is 0.623. The highest BCUT2D eigenvalue weighted by molar-refractivity contribution is 6.38. The molecule has 152 valence electrons. The zero-order valence-electron chi connectivity index (χ0n) is 15.8. The van der Waals surface area contributed by atoms with Crippen molar-refractivity contribution in [3.05, 3.63) is 57.8 Å². The van der Waals surface area contributed by atoms with E-state index >= 15 is 0 Å². The van der Waals surface area contributed by atoms with Crippen LogP contribution in [0.15, 0.2) is 40.8 Å². The van der Waals surface area contributed by atoms with Crippen LogP contribution in [-0.2, 0) is 6.54 Å². The van der Waals surface area contributed by atoms with Gasteiger partial charge in [-0.05, 0) is 24.3 Å². The number of carboxylic acid groups (broad SMARTS) is 1. The first kappa shape index (κ1) is 19.9. The summed E-state index contributed by atoms with van der Waals surface area (Å²) in [5, 5.41) is 11.0. The molecule has 1 fully saturated rings. The fourth-order valence-corrected chi connectivity index (χ4v) is 4.23. The summed E-state index contributed by atoms with van der Waals surface area (Å²) in [5.74, 6) is -0.428. The summed E-state index contributed by atoms with van der Waals surface area (Å²) in [6.07, 6.45) is 0. The number of ether oxygens (including phenoxy) is 1. The smallest absolute Gasteiger partial charge is 0.371 e. The third-order valence-electron chi connectivity index (χ3n) is 5.22. The lowest BCUT2D eigenvalue weighted by Gasteiger charge is -2.36. The molecule has 8 heteroatoms. The van der Waals surface area contributed by atoms with Crippen molar-refractivity contribution in [2.24, 2.45) is 0 Å². The summed E-state index contributed by atoms with van der Waals surface area (Å²) >= 11 is 12.9. The van der Waals surface area contributed by atoms with Gasteiger partial charge in [-0.15, -0.1) is 0 Å². The Morgan fingerprint density at radius 3 is 2.62 bits per heavy atom. The molecule has 1 aliphatic heterocycles. The van der Waals surface area contributed by atoms with E-state index in [1.54, 1.807) is 13.2 Å². The molecule has 0 spiro atoms. The van der Waals surface area contributed by atoms with Crippen molar-refractivity contribution in [2.75, 3.05) is 38.2 Å². The van der Waals surface area contributed by atoms with Gasteiger partial charge in [0.2, 0.25) is 5.76 Å². The number of furan rings is 1. The zero-order valence-corrected chi connectivity index (χ0v) is 17.3. The van der Waals surface area contributed by atoms with Crippen LogP contribution in [0.3, 0.4) is 0 Å². The summed E-state index contributed by atoms with van der Waals surface area (Å²) in [4.78, 5) is 15.7. The minimum atomic E-state index is -1.11. The average molecular weight is 435 g/mol. The van der Waals surface area contributed by atoms with Crippen molar-refractivity contribution in [2.45, 2.75) is 6.54 Å². The maximum Gasteiger partial charge on any atom is 0.371 e. The Balaban J connectivity index is 1.49. The Kier molecular flexibility index (Phi) is 5.58. The first-order valence-electron chi connectivity index (χ1n) is 9.22.